The lowest BCUT2D eigenvalue weighted by molar-refractivity contribution is 0.310. The van der Waals surface area contributed by atoms with E-state index in [-0.39, 0.29) is 0 Å². The number of nitrogens with two attached hydrogens (primary N) is 1. The monoisotopic (exact) mass is 254 g/mol. The van der Waals surface area contributed by atoms with Crippen molar-refractivity contribution in [1.82, 2.24) is 4.98 Å². The number of aromatic nitrogens is 1. The Morgan fingerprint density at radius 1 is 1.11 bits per heavy atom. The third-order valence-corrected chi connectivity index (χ3v) is 3.33. The van der Waals surface area contributed by atoms with Gasteiger partial charge >= 0.3 is 7.05 Å². The fraction of sp³-hybridized carbons (Fsp3) is 0.267. The normalized spacial score (nSPS) is 10.5. The van der Waals surface area contributed by atoms with Crippen molar-refractivity contribution < 1.29 is 4.65 Å². The van der Waals surface area contributed by atoms with Crippen LogP contribution in [0.5, 0.6) is 0 Å². The van der Waals surface area contributed by atoms with Gasteiger partial charge < -0.3 is 10.3 Å². The lowest BCUT2D eigenvalue weighted by atomic mass is 9.71. The van der Waals surface area contributed by atoms with Crippen LogP contribution in [0.15, 0.2) is 36.5 Å². The van der Waals surface area contributed by atoms with Crippen molar-refractivity contribution in [2.24, 2.45) is 5.64 Å². The summed E-state index contributed by atoms with van der Waals surface area (Å²) in [5, 5.41) is 0. The van der Waals surface area contributed by atoms with E-state index < -0.39 is 7.05 Å². The molecule has 0 aliphatic heterocycles. The van der Waals surface area contributed by atoms with Crippen LogP contribution in [0, 0.1) is 20.8 Å². The predicted molar refractivity (Wildman–Crippen MR) is 79.3 cm³/mol. The maximum absolute atomic E-state index is 6.11. The Balaban J connectivity index is 2.08. The highest BCUT2D eigenvalue weighted by molar-refractivity contribution is 6.64. The second-order valence-corrected chi connectivity index (χ2v) is 4.85. The molecule has 1 aromatic heterocycles. The first-order valence-electron chi connectivity index (χ1n) is 6.43. The summed E-state index contributed by atoms with van der Waals surface area (Å²) in [6.07, 6.45) is 1.76. The summed E-state index contributed by atoms with van der Waals surface area (Å²) in [5.41, 5.74) is 11.7. The molecule has 0 saturated carbocycles. The molecule has 0 amide bonds. The Hall–Kier alpha value is -1.65. The summed E-state index contributed by atoms with van der Waals surface area (Å²) >= 11 is 0. The predicted octanol–water partition coefficient (Wildman–Crippen LogP) is 1.88. The van der Waals surface area contributed by atoms with Crippen molar-refractivity contribution in [3.05, 3.63) is 58.9 Å². The van der Waals surface area contributed by atoms with Gasteiger partial charge in [-0.25, -0.2) is 0 Å². The fourth-order valence-electron chi connectivity index (χ4n) is 2.04. The van der Waals surface area contributed by atoms with E-state index in [0.29, 0.717) is 6.61 Å². The van der Waals surface area contributed by atoms with Crippen molar-refractivity contribution in [2.45, 2.75) is 27.4 Å². The SMILES string of the molecule is Cc1cc(C)c(B(N)OCc2ccccn2)cc1C. The lowest BCUT2D eigenvalue weighted by Gasteiger charge is -2.14. The van der Waals surface area contributed by atoms with Crippen molar-refractivity contribution in [3.63, 3.8) is 0 Å². The molecule has 0 fully saturated rings. The van der Waals surface area contributed by atoms with Crippen LogP contribution in [-0.4, -0.2) is 12.0 Å². The second kappa shape index (κ2) is 6.00. The molecule has 19 heavy (non-hydrogen) atoms. The van der Waals surface area contributed by atoms with Crippen LogP contribution in [0.25, 0.3) is 0 Å². The molecule has 0 aliphatic rings. The maximum Gasteiger partial charge on any atom is 0.413 e. The Kier molecular flexibility index (Phi) is 4.35. The van der Waals surface area contributed by atoms with E-state index >= 15 is 0 Å². The second-order valence-electron chi connectivity index (χ2n) is 4.85. The Labute approximate surface area is 115 Å². The van der Waals surface area contributed by atoms with Crippen LogP contribution in [0.3, 0.4) is 0 Å². The molecule has 0 aliphatic carbocycles. The first kappa shape index (κ1) is 13.8. The van der Waals surface area contributed by atoms with Crippen LogP contribution < -0.4 is 11.1 Å². The topological polar surface area (TPSA) is 48.1 Å². The summed E-state index contributed by atoms with van der Waals surface area (Å²) in [7, 11) is -0.415. The molecule has 0 radical (unpaired) electrons. The van der Waals surface area contributed by atoms with E-state index in [2.05, 4.69) is 37.9 Å². The highest BCUT2D eigenvalue weighted by Gasteiger charge is 2.17. The highest BCUT2D eigenvalue weighted by Crippen LogP contribution is 2.08. The summed E-state index contributed by atoms with van der Waals surface area (Å²) in [6, 6.07) is 10.0. The van der Waals surface area contributed by atoms with Crippen molar-refractivity contribution in [1.29, 1.82) is 0 Å². The molecule has 0 bridgehead atoms. The van der Waals surface area contributed by atoms with Crippen molar-refractivity contribution in [2.75, 3.05) is 0 Å². The molecular formula is C15H19BN2O. The van der Waals surface area contributed by atoms with Gasteiger partial charge in [0, 0.05) is 6.20 Å². The zero-order chi connectivity index (χ0) is 13.8. The Bertz CT molecular complexity index is 558. The molecule has 2 aromatic rings. The van der Waals surface area contributed by atoms with Gasteiger partial charge in [0.1, 0.15) is 0 Å². The number of nitrogens with zero attached hydrogens (tertiary/aromatic N) is 1. The maximum atomic E-state index is 6.11. The van der Waals surface area contributed by atoms with E-state index in [1.54, 1.807) is 6.20 Å². The van der Waals surface area contributed by atoms with Crippen LogP contribution in [0.4, 0.5) is 0 Å². The minimum Gasteiger partial charge on any atom is -0.412 e. The van der Waals surface area contributed by atoms with Crippen LogP contribution in [-0.2, 0) is 11.3 Å². The minimum absolute atomic E-state index is 0.415. The molecule has 1 aromatic carbocycles. The third-order valence-electron chi connectivity index (χ3n) is 3.33. The quantitative estimate of drug-likeness (QED) is 0.847. The average Bonchev–Trinajstić information content (AvgIpc) is 2.41. The van der Waals surface area contributed by atoms with Gasteiger partial charge in [0.2, 0.25) is 0 Å². The molecule has 4 heteroatoms. The van der Waals surface area contributed by atoms with Gasteiger partial charge in [-0.1, -0.05) is 23.8 Å². The molecule has 0 spiro atoms. The van der Waals surface area contributed by atoms with Crippen LogP contribution in [0.2, 0.25) is 0 Å². The number of rotatable bonds is 4. The molecule has 2 rings (SSSR count). The Morgan fingerprint density at radius 2 is 1.84 bits per heavy atom. The summed E-state index contributed by atoms with van der Waals surface area (Å²) < 4.78 is 5.71. The molecule has 0 unspecified atom stereocenters. The van der Waals surface area contributed by atoms with Crippen LogP contribution in [0.1, 0.15) is 22.4 Å². The molecule has 2 N–H and O–H groups in total. The van der Waals surface area contributed by atoms with Gasteiger partial charge in [-0.2, -0.15) is 0 Å². The standard InChI is InChI=1S/C15H19BN2O/c1-11-8-13(3)15(9-12(11)2)16(17)19-10-14-6-4-5-7-18-14/h4-9H,10,17H2,1-3H3. The van der Waals surface area contributed by atoms with E-state index in [9.17, 15) is 0 Å². The zero-order valence-corrected chi connectivity index (χ0v) is 11.7. The number of hydrogen-bond acceptors (Lipinski definition) is 3. The summed E-state index contributed by atoms with van der Waals surface area (Å²) in [4.78, 5) is 4.22. The average molecular weight is 254 g/mol. The van der Waals surface area contributed by atoms with E-state index in [1.807, 2.05) is 18.2 Å². The van der Waals surface area contributed by atoms with Crippen molar-refractivity contribution >= 4 is 12.5 Å². The highest BCUT2D eigenvalue weighted by atomic mass is 16.4. The molecule has 0 atom stereocenters. The molecule has 1 heterocycles. The minimum atomic E-state index is -0.415. The zero-order valence-electron chi connectivity index (χ0n) is 11.7. The first-order valence-corrected chi connectivity index (χ1v) is 6.43. The van der Waals surface area contributed by atoms with Crippen LogP contribution >= 0.6 is 0 Å². The molecular weight excluding hydrogens is 235 g/mol. The largest absolute Gasteiger partial charge is 0.413 e. The fourth-order valence-corrected chi connectivity index (χ4v) is 2.04. The lowest BCUT2D eigenvalue weighted by Crippen LogP contribution is -2.44. The first-order chi connectivity index (χ1) is 9.08. The molecule has 98 valence electrons. The number of aryl methyl sites for hydroxylation is 3. The summed E-state index contributed by atoms with van der Waals surface area (Å²) in [6.45, 7) is 6.68. The van der Waals surface area contributed by atoms with Crippen molar-refractivity contribution in [3.8, 4) is 0 Å². The van der Waals surface area contributed by atoms with E-state index in [0.717, 1.165) is 16.7 Å². The van der Waals surface area contributed by atoms with Gasteiger partial charge in [0.15, 0.2) is 0 Å². The third kappa shape index (κ3) is 3.43. The van der Waals surface area contributed by atoms with Gasteiger partial charge in [0.25, 0.3) is 0 Å². The van der Waals surface area contributed by atoms with Gasteiger partial charge in [-0.05, 0) is 49.5 Å². The Morgan fingerprint density at radius 3 is 2.53 bits per heavy atom. The summed E-state index contributed by atoms with van der Waals surface area (Å²) in [5.74, 6) is 0. The van der Waals surface area contributed by atoms with Gasteiger partial charge in [0.05, 0.1) is 12.3 Å². The molecule has 0 saturated heterocycles. The smallest absolute Gasteiger partial charge is 0.412 e. The molecule has 3 nitrogen and oxygen atoms in total. The van der Waals surface area contributed by atoms with E-state index in [1.165, 1.54) is 11.1 Å². The van der Waals surface area contributed by atoms with Gasteiger partial charge in [-0.3, -0.25) is 4.98 Å². The number of pyridine rings is 1. The van der Waals surface area contributed by atoms with E-state index in [4.69, 9.17) is 10.3 Å². The number of benzene rings is 1. The van der Waals surface area contributed by atoms with Gasteiger partial charge in [-0.15, -0.1) is 0 Å². The number of hydrogen-bond donors (Lipinski definition) is 1.